The van der Waals surface area contributed by atoms with E-state index < -0.39 is 0 Å². The van der Waals surface area contributed by atoms with E-state index in [0.717, 1.165) is 18.6 Å². The highest BCUT2D eigenvalue weighted by atomic mass is 16.5. The molecule has 1 fully saturated rings. The van der Waals surface area contributed by atoms with E-state index in [1.165, 1.54) is 12.8 Å². The number of benzene rings is 1. The summed E-state index contributed by atoms with van der Waals surface area (Å²) >= 11 is 0. The van der Waals surface area contributed by atoms with Gasteiger partial charge in [0.25, 0.3) is 5.91 Å². The molecule has 1 aromatic rings. The fourth-order valence-electron chi connectivity index (χ4n) is 2.24. The number of nitrogens with one attached hydrogen (secondary N) is 1. The van der Waals surface area contributed by atoms with Crippen molar-refractivity contribution in [1.29, 1.82) is 0 Å². The molecule has 2 N–H and O–H groups in total. The van der Waals surface area contributed by atoms with Crippen molar-refractivity contribution in [2.24, 2.45) is 0 Å². The highest BCUT2D eigenvalue weighted by Gasteiger charge is 2.16. The largest absolute Gasteiger partial charge is 0.490 e. The molecule has 0 heterocycles. The molecule has 0 bridgehead atoms. The van der Waals surface area contributed by atoms with Gasteiger partial charge in [-0.15, -0.1) is 0 Å². The summed E-state index contributed by atoms with van der Waals surface area (Å²) in [4.78, 5) is 11.8. The Labute approximate surface area is 113 Å². The molecular formula is C15H21NO3. The van der Waals surface area contributed by atoms with Crippen molar-refractivity contribution < 1.29 is 14.6 Å². The number of carbonyl (C=O) groups excluding carboxylic acids is 1. The Kier molecular flexibility index (Phi) is 4.80. The summed E-state index contributed by atoms with van der Waals surface area (Å²) in [7, 11) is 0. The molecule has 4 nitrogen and oxygen atoms in total. The first-order valence-corrected chi connectivity index (χ1v) is 6.87. The lowest BCUT2D eigenvalue weighted by atomic mass is 10.2. The van der Waals surface area contributed by atoms with Gasteiger partial charge in [-0.1, -0.05) is 0 Å². The average Bonchev–Trinajstić information content (AvgIpc) is 2.92. The van der Waals surface area contributed by atoms with Gasteiger partial charge in [-0.25, -0.2) is 0 Å². The van der Waals surface area contributed by atoms with Crippen LogP contribution in [0.2, 0.25) is 0 Å². The van der Waals surface area contributed by atoms with Crippen LogP contribution in [0.3, 0.4) is 0 Å². The van der Waals surface area contributed by atoms with Crippen LogP contribution in [0.4, 0.5) is 0 Å². The SMILES string of the molecule is CC(CO)NC(=O)c1ccc(OC2CCCC2)cc1. The molecular weight excluding hydrogens is 242 g/mol. The number of carbonyl (C=O) groups is 1. The van der Waals surface area contributed by atoms with Crippen LogP contribution in [0.15, 0.2) is 24.3 Å². The van der Waals surface area contributed by atoms with Crippen molar-refractivity contribution in [1.82, 2.24) is 5.32 Å². The van der Waals surface area contributed by atoms with E-state index in [4.69, 9.17) is 9.84 Å². The maximum Gasteiger partial charge on any atom is 0.251 e. The minimum absolute atomic E-state index is 0.0609. The average molecular weight is 263 g/mol. The molecule has 1 aromatic carbocycles. The van der Waals surface area contributed by atoms with Crippen LogP contribution >= 0.6 is 0 Å². The third kappa shape index (κ3) is 3.96. The normalized spacial score (nSPS) is 17.2. The number of aliphatic hydroxyl groups is 1. The second-order valence-electron chi connectivity index (χ2n) is 5.11. The van der Waals surface area contributed by atoms with Crippen molar-refractivity contribution in [2.45, 2.75) is 44.8 Å². The van der Waals surface area contributed by atoms with Crippen molar-refractivity contribution in [3.05, 3.63) is 29.8 Å². The Bertz CT molecular complexity index is 410. The summed E-state index contributed by atoms with van der Waals surface area (Å²) in [6, 6.07) is 6.93. The van der Waals surface area contributed by atoms with Crippen LogP contribution < -0.4 is 10.1 Å². The monoisotopic (exact) mass is 263 g/mol. The predicted octanol–water partition coefficient (Wildman–Crippen LogP) is 2.12. The van der Waals surface area contributed by atoms with Gasteiger partial charge in [-0.3, -0.25) is 4.79 Å². The van der Waals surface area contributed by atoms with Crippen molar-refractivity contribution in [2.75, 3.05) is 6.61 Å². The summed E-state index contributed by atoms with van der Waals surface area (Å²) in [5, 5.41) is 11.6. The summed E-state index contributed by atoms with van der Waals surface area (Å²) in [6.45, 7) is 1.70. The molecule has 19 heavy (non-hydrogen) atoms. The van der Waals surface area contributed by atoms with Gasteiger partial charge in [-0.2, -0.15) is 0 Å². The van der Waals surface area contributed by atoms with Crippen molar-refractivity contribution >= 4 is 5.91 Å². The lowest BCUT2D eigenvalue weighted by Gasteiger charge is -2.14. The van der Waals surface area contributed by atoms with E-state index in [1.54, 1.807) is 19.1 Å². The van der Waals surface area contributed by atoms with Crippen molar-refractivity contribution in [3.63, 3.8) is 0 Å². The highest BCUT2D eigenvalue weighted by Crippen LogP contribution is 2.24. The van der Waals surface area contributed by atoms with Crippen LogP contribution in [0.1, 0.15) is 43.0 Å². The Hall–Kier alpha value is -1.55. The quantitative estimate of drug-likeness (QED) is 0.855. The molecule has 4 heteroatoms. The fraction of sp³-hybridized carbons (Fsp3) is 0.533. The number of aliphatic hydroxyl groups excluding tert-OH is 1. The molecule has 0 aliphatic heterocycles. The lowest BCUT2D eigenvalue weighted by Crippen LogP contribution is -2.34. The smallest absolute Gasteiger partial charge is 0.251 e. The van der Waals surface area contributed by atoms with Crippen LogP contribution in [0, 0.1) is 0 Å². The molecule has 1 aliphatic rings. The van der Waals surface area contributed by atoms with Crippen molar-refractivity contribution in [3.8, 4) is 5.75 Å². The zero-order chi connectivity index (χ0) is 13.7. The standard InChI is InChI=1S/C15H21NO3/c1-11(10-17)16-15(18)12-6-8-14(9-7-12)19-13-4-2-3-5-13/h6-9,11,13,17H,2-5,10H2,1H3,(H,16,18). The summed E-state index contributed by atoms with van der Waals surface area (Å²) in [5.74, 6) is 0.646. The molecule has 1 unspecified atom stereocenters. The molecule has 104 valence electrons. The molecule has 1 amide bonds. The van der Waals surface area contributed by atoms with E-state index in [-0.39, 0.29) is 18.6 Å². The molecule has 0 aromatic heterocycles. The van der Waals surface area contributed by atoms with Crippen LogP contribution in [0.25, 0.3) is 0 Å². The van der Waals surface area contributed by atoms with Crippen LogP contribution in [-0.2, 0) is 0 Å². The van der Waals surface area contributed by atoms with Gasteiger partial charge in [0, 0.05) is 11.6 Å². The Morgan fingerprint density at radius 1 is 1.37 bits per heavy atom. The number of hydrogen-bond acceptors (Lipinski definition) is 3. The summed E-state index contributed by atoms with van der Waals surface area (Å²) in [5.41, 5.74) is 0.582. The Morgan fingerprint density at radius 2 is 2.00 bits per heavy atom. The molecule has 0 saturated heterocycles. The maximum absolute atomic E-state index is 11.8. The minimum Gasteiger partial charge on any atom is -0.490 e. The van der Waals surface area contributed by atoms with Gasteiger partial charge in [0.05, 0.1) is 12.7 Å². The zero-order valence-corrected chi connectivity index (χ0v) is 11.3. The zero-order valence-electron chi connectivity index (χ0n) is 11.3. The molecule has 1 aliphatic carbocycles. The first-order chi connectivity index (χ1) is 9.19. The first-order valence-electron chi connectivity index (χ1n) is 6.87. The molecule has 0 spiro atoms. The third-order valence-electron chi connectivity index (χ3n) is 3.37. The second-order valence-corrected chi connectivity index (χ2v) is 5.11. The van der Waals surface area contributed by atoms with E-state index in [2.05, 4.69) is 5.32 Å². The van der Waals surface area contributed by atoms with Gasteiger partial charge in [0.1, 0.15) is 5.75 Å². The van der Waals surface area contributed by atoms with Crippen LogP contribution in [0.5, 0.6) is 5.75 Å². The maximum atomic E-state index is 11.8. The summed E-state index contributed by atoms with van der Waals surface area (Å²) in [6.07, 6.45) is 5.05. The predicted molar refractivity (Wildman–Crippen MR) is 73.3 cm³/mol. The lowest BCUT2D eigenvalue weighted by molar-refractivity contribution is 0.0922. The topological polar surface area (TPSA) is 58.6 Å². The van der Waals surface area contributed by atoms with Gasteiger partial charge in [-0.05, 0) is 56.9 Å². The number of hydrogen-bond donors (Lipinski definition) is 2. The molecule has 1 saturated carbocycles. The highest BCUT2D eigenvalue weighted by molar-refractivity contribution is 5.94. The van der Waals surface area contributed by atoms with E-state index in [1.807, 2.05) is 12.1 Å². The third-order valence-corrected chi connectivity index (χ3v) is 3.37. The van der Waals surface area contributed by atoms with Crippen LogP contribution in [-0.4, -0.2) is 29.8 Å². The van der Waals surface area contributed by atoms with Gasteiger partial charge in [0.15, 0.2) is 0 Å². The Balaban J connectivity index is 1.91. The van der Waals surface area contributed by atoms with E-state index in [9.17, 15) is 4.79 Å². The molecule has 0 radical (unpaired) electrons. The number of amides is 1. The van der Waals surface area contributed by atoms with Gasteiger partial charge < -0.3 is 15.2 Å². The van der Waals surface area contributed by atoms with Gasteiger partial charge in [0.2, 0.25) is 0 Å². The van der Waals surface area contributed by atoms with E-state index in [0.29, 0.717) is 11.7 Å². The molecule has 2 rings (SSSR count). The number of ether oxygens (including phenoxy) is 1. The second kappa shape index (κ2) is 6.57. The van der Waals surface area contributed by atoms with Gasteiger partial charge >= 0.3 is 0 Å². The fourth-order valence-corrected chi connectivity index (χ4v) is 2.24. The molecule has 1 atom stereocenters. The minimum atomic E-state index is -0.234. The summed E-state index contributed by atoms with van der Waals surface area (Å²) < 4.78 is 5.84. The van der Waals surface area contributed by atoms with E-state index >= 15 is 0 Å². The first kappa shape index (κ1) is 13.9. The number of rotatable bonds is 5. The Morgan fingerprint density at radius 3 is 2.58 bits per heavy atom.